The SMILES string of the molecule is Cc1cc[c]([Zr])c2c1-c1ccccc1C2. The molecule has 71 valence electrons. The summed E-state index contributed by atoms with van der Waals surface area (Å²) < 4.78 is 1.51. The number of hydrogen-bond acceptors (Lipinski definition) is 0. The van der Waals surface area contributed by atoms with Crippen LogP contribution in [-0.4, -0.2) is 0 Å². The van der Waals surface area contributed by atoms with Crippen LogP contribution in [0.1, 0.15) is 16.7 Å². The van der Waals surface area contributed by atoms with E-state index in [1.807, 2.05) is 0 Å². The van der Waals surface area contributed by atoms with Crippen LogP contribution in [0.25, 0.3) is 11.1 Å². The Morgan fingerprint density at radius 3 is 2.73 bits per heavy atom. The van der Waals surface area contributed by atoms with Gasteiger partial charge >= 0.3 is 106 Å². The van der Waals surface area contributed by atoms with Gasteiger partial charge < -0.3 is 0 Å². The molecule has 0 saturated carbocycles. The average Bonchev–Trinajstić information content (AvgIpc) is 2.64. The number of hydrogen-bond donors (Lipinski definition) is 0. The van der Waals surface area contributed by atoms with Gasteiger partial charge in [-0.15, -0.1) is 0 Å². The first-order valence-corrected chi connectivity index (χ1v) is 6.42. The Morgan fingerprint density at radius 2 is 1.87 bits per heavy atom. The molecule has 0 N–H and O–H groups in total. The molecule has 0 amide bonds. The molecule has 1 aliphatic rings. The fourth-order valence-corrected chi connectivity index (χ4v) is 3.16. The minimum atomic E-state index is 1.13. The van der Waals surface area contributed by atoms with Crippen LogP contribution in [0.4, 0.5) is 0 Å². The van der Waals surface area contributed by atoms with Crippen molar-refractivity contribution in [2.45, 2.75) is 13.3 Å². The fourth-order valence-electron chi connectivity index (χ4n) is 2.43. The van der Waals surface area contributed by atoms with Gasteiger partial charge in [0.1, 0.15) is 0 Å². The van der Waals surface area contributed by atoms with Crippen molar-refractivity contribution in [2.24, 2.45) is 0 Å². The summed E-state index contributed by atoms with van der Waals surface area (Å²) in [5.41, 5.74) is 7.43. The van der Waals surface area contributed by atoms with Crippen molar-refractivity contribution in [3.05, 3.63) is 53.1 Å². The van der Waals surface area contributed by atoms with Crippen LogP contribution >= 0.6 is 0 Å². The van der Waals surface area contributed by atoms with Crippen molar-refractivity contribution in [3.8, 4) is 11.1 Å². The van der Waals surface area contributed by atoms with Crippen LogP contribution < -0.4 is 3.27 Å². The number of benzene rings is 2. The van der Waals surface area contributed by atoms with Gasteiger partial charge in [-0.1, -0.05) is 0 Å². The summed E-state index contributed by atoms with van der Waals surface area (Å²) in [5.74, 6) is 0. The predicted octanol–water partition coefficient (Wildman–Crippen LogP) is 2.74. The predicted molar refractivity (Wildman–Crippen MR) is 59.1 cm³/mol. The van der Waals surface area contributed by atoms with Crippen LogP contribution in [-0.2, 0) is 31.1 Å². The molecule has 0 spiro atoms. The van der Waals surface area contributed by atoms with E-state index in [0.717, 1.165) is 6.42 Å². The summed E-state index contributed by atoms with van der Waals surface area (Å²) >= 11 is 1.53. The Kier molecular flexibility index (Phi) is 2.18. The van der Waals surface area contributed by atoms with Crippen molar-refractivity contribution in [2.75, 3.05) is 0 Å². The van der Waals surface area contributed by atoms with Crippen molar-refractivity contribution in [3.63, 3.8) is 0 Å². The quantitative estimate of drug-likeness (QED) is 0.589. The summed E-state index contributed by atoms with van der Waals surface area (Å²) in [6.45, 7) is 2.22. The van der Waals surface area contributed by atoms with Gasteiger partial charge in [-0.05, 0) is 0 Å². The first kappa shape index (κ1) is 9.54. The standard InChI is InChI=1S/C14H11.Zr/c1-10-5-4-7-12-9-11-6-2-3-8-13(11)14(10)12;/h2-6,8H,9H2,1H3;. The topological polar surface area (TPSA) is 0 Å². The first-order valence-electron chi connectivity index (χ1n) is 5.20. The molecule has 1 heteroatoms. The number of aryl methyl sites for hydroxylation is 1. The summed E-state index contributed by atoms with van der Waals surface area (Å²) in [5, 5.41) is 0. The Bertz CT molecular complexity index is 541. The van der Waals surface area contributed by atoms with Crippen LogP contribution in [0.15, 0.2) is 36.4 Å². The monoisotopic (exact) mass is 269 g/mol. The van der Waals surface area contributed by atoms with Gasteiger partial charge in [0.2, 0.25) is 0 Å². The first-order chi connectivity index (χ1) is 7.27. The Morgan fingerprint density at radius 1 is 1.07 bits per heavy atom. The van der Waals surface area contributed by atoms with Gasteiger partial charge in [0, 0.05) is 0 Å². The van der Waals surface area contributed by atoms with E-state index >= 15 is 0 Å². The molecular weight excluding hydrogens is 259 g/mol. The second-order valence-corrected chi connectivity index (χ2v) is 5.44. The molecule has 0 nitrogen and oxygen atoms in total. The maximum atomic E-state index is 2.28. The molecule has 0 bridgehead atoms. The molecule has 0 fully saturated rings. The van der Waals surface area contributed by atoms with E-state index in [1.165, 1.54) is 50.2 Å². The van der Waals surface area contributed by atoms with Crippen molar-refractivity contribution in [1.82, 2.24) is 0 Å². The third-order valence-electron chi connectivity index (χ3n) is 3.18. The molecule has 1 aliphatic carbocycles. The molecule has 3 rings (SSSR count). The average molecular weight is 270 g/mol. The molecular formula is C14H11Zr. The van der Waals surface area contributed by atoms with Crippen LogP contribution in [0.2, 0.25) is 0 Å². The second kappa shape index (κ2) is 3.42. The van der Waals surface area contributed by atoms with Gasteiger partial charge in [0.25, 0.3) is 0 Å². The van der Waals surface area contributed by atoms with Crippen LogP contribution in [0.3, 0.4) is 0 Å². The summed E-state index contributed by atoms with van der Waals surface area (Å²) in [6, 6.07) is 13.3. The van der Waals surface area contributed by atoms with E-state index in [0.29, 0.717) is 0 Å². The van der Waals surface area contributed by atoms with Crippen molar-refractivity contribution in [1.29, 1.82) is 0 Å². The van der Waals surface area contributed by atoms with Crippen LogP contribution in [0, 0.1) is 6.92 Å². The van der Waals surface area contributed by atoms with E-state index in [4.69, 9.17) is 0 Å². The second-order valence-electron chi connectivity index (χ2n) is 4.12. The molecule has 0 aliphatic heterocycles. The van der Waals surface area contributed by atoms with E-state index in [9.17, 15) is 0 Å². The normalized spacial score (nSPS) is 12.3. The minimum absolute atomic E-state index is 1.13. The van der Waals surface area contributed by atoms with Gasteiger partial charge in [0.05, 0.1) is 0 Å². The molecule has 0 saturated heterocycles. The Labute approximate surface area is 105 Å². The molecule has 15 heavy (non-hydrogen) atoms. The van der Waals surface area contributed by atoms with E-state index in [-0.39, 0.29) is 0 Å². The molecule has 0 radical (unpaired) electrons. The summed E-state index contributed by atoms with van der Waals surface area (Å²) in [7, 11) is 0. The zero-order valence-corrected chi connectivity index (χ0v) is 11.1. The van der Waals surface area contributed by atoms with E-state index < -0.39 is 0 Å². The third kappa shape index (κ3) is 1.37. The van der Waals surface area contributed by atoms with E-state index in [2.05, 4.69) is 43.3 Å². The van der Waals surface area contributed by atoms with Crippen LogP contribution in [0.5, 0.6) is 0 Å². The van der Waals surface area contributed by atoms with Crippen molar-refractivity contribution < 1.29 is 24.7 Å². The summed E-state index contributed by atoms with van der Waals surface area (Å²) in [4.78, 5) is 0. The molecule has 0 aromatic heterocycles. The Hall–Kier alpha value is -0.677. The molecule has 0 heterocycles. The van der Waals surface area contributed by atoms with Gasteiger partial charge in [-0.2, -0.15) is 0 Å². The molecule has 0 unspecified atom stereocenters. The summed E-state index contributed by atoms with van der Waals surface area (Å²) in [6.07, 6.45) is 1.13. The maximum absolute atomic E-state index is 2.28. The van der Waals surface area contributed by atoms with Crippen molar-refractivity contribution >= 4 is 3.27 Å². The number of fused-ring (bicyclic) bond motifs is 3. The number of rotatable bonds is 0. The van der Waals surface area contributed by atoms with E-state index in [1.54, 1.807) is 5.56 Å². The third-order valence-corrected chi connectivity index (χ3v) is 4.33. The zero-order chi connectivity index (χ0) is 10.4. The van der Waals surface area contributed by atoms with Gasteiger partial charge in [-0.25, -0.2) is 0 Å². The Balaban J connectivity index is 2.37. The zero-order valence-electron chi connectivity index (χ0n) is 8.67. The van der Waals surface area contributed by atoms with Gasteiger partial charge in [0.15, 0.2) is 0 Å². The molecule has 2 aromatic rings. The van der Waals surface area contributed by atoms with Gasteiger partial charge in [-0.3, -0.25) is 0 Å². The fraction of sp³-hybridized carbons (Fsp3) is 0.143. The molecule has 2 aromatic carbocycles. The molecule has 0 atom stereocenters.